The molecule has 3 heterocycles. The molecule has 4 rings (SSSR count). The molecule has 0 fully saturated rings. The van der Waals surface area contributed by atoms with Crippen LogP contribution in [0.4, 0.5) is 13.2 Å². The second-order valence-corrected chi connectivity index (χ2v) is 8.46. The van der Waals surface area contributed by atoms with Crippen LogP contribution in [0, 0.1) is 13.8 Å². The Morgan fingerprint density at radius 3 is 2.66 bits per heavy atom. The van der Waals surface area contributed by atoms with Gasteiger partial charge in [-0.3, -0.25) is 9.78 Å². The number of benzene rings is 1. The molecule has 0 aliphatic rings. The van der Waals surface area contributed by atoms with E-state index in [1.54, 1.807) is 24.4 Å². The standard InChI is InChI=1S/C25H21F3N4O2S/c1-14-8-9-30-20(12-32-10-4-6-19(24(32)33)25(26,27)28)18(14)13-34-21-7-3-5-16-17(23(29)35)11-15(2)31-22(16)21/h3-11H,12-13H2,1-2H3,(H2,29,35). The van der Waals surface area contributed by atoms with E-state index in [0.717, 1.165) is 27.3 Å². The van der Waals surface area contributed by atoms with E-state index in [2.05, 4.69) is 9.97 Å². The lowest BCUT2D eigenvalue weighted by Crippen LogP contribution is -2.29. The number of hydrogen-bond donors (Lipinski definition) is 1. The molecule has 0 saturated carbocycles. The Labute approximate surface area is 204 Å². The van der Waals surface area contributed by atoms with E-state index in [0.29, 0.717) is 28.1 Å². The first-order chi connectivity index (χ1) is 16.6. The zero-order chi connectivity index (χ0) is 25.3. The van der Waals surface area contributed by atoms with Gasteiger partial charge in [0.15, 0.2) is 0 Å². The van der Waals surface area contributed by atoms with Crippen LogP contribution in [-0.2, 0) is 19.3 Å². The van der Waals surface area contributed by atoms with E-state index in [4.69, 9.17) is 22.7 Å². The summed E-state index contributed by atoms with van der Waals surface area (Å²) in [6, 6.07) is 11.0. The first kappa shape index (κ1) is 24.3. The molecular formula is C25H21F3N4O2S. The van der Waals surface area contributed by atoms with Crippen molar-refractivity contribution in [1.82, 2.24) is 14.5 Å². The lowest BCUT2D eigenvalue weighted by molar-refractivity contribution is -0.138. The number of halogens is 3. The molecule has 3 aromatic heterocycles. The number of thiocarbonyl (C=S) groups is 1. The van der Waals surface area contributed by atoms with E-state index in [1.807, 2.05) is 26.0 Å². The van der Waals surface area contributed by atoms with Crippen LogP contribution in [-0.4, -0.2) is 19.5 Å². The number of fused-ring (bicyclic) bond motifs is 1. The summed E-state index contributed by atoms with van der Waals surface area (Å²) in [5, 5.41) is 0.749. The van der Waals surface area contributed by atoms with Crippen LogP contribution in [0.2, 0.25) is 0 Å². The fourth-order valence-corrected chi connectivity index (χ4v) is 4.01. The third kappa shape index (κ3) is 5.02. The molecule has 0 bridgehead atoms. The van der Waals surface area contributed by atoms with Gasteiger partial charge in [0.25, 0.3) is 5.56 Å². The van der Waals surface area contributed by atoms with Gasteiger partial charge in [0.2, 0.25) is 0 Å². The van der Waals surface area contributed by atoms with Gasteiger partial charge in [0.1, 0.15) is 28.4 Å². The van der Waals surface area contributed by atoms with Crippen molar-refractivity contribution in [3.05, 3.63) is 98.9 Å². The van der Waals surface area contributed by atoms with Crippen LogP contribution in [0.15, 0.2) is 59.7 Å². The summed E-state index contributed by atoms with van der Waals surface area (Å²) in [6.07, 6.45) is -1.89. The summed E-state index contributed by atoms with van der Waals surface area (Å²) in [4.78, 5) is 21.6. The Kier molecular flexibility index (Phi) is 6.58. The molecule has 0 radical (unpaired) electrons. The van der Waals surface area contributed by atoms with Crippen molar-refractivity contribution in [1.29, 1.82) is 0 Å². The fourth-order valence-electron chi connectivity index (χ4n) is 3.84. The summed E-state index contributed by atoms with van der Waals surface area (Å²) in [7, 11) is 0. The van der Waals surface area contributed by atoms with Crippen molar-refractivity contribution < 1.29 is 17.9 Å². The maximum atomic E-state index is 13.2. The molecular weight excluding hydrogens is 477 g/mol. The number of alkyl halides is 3. The van der Waals surface area contributed by atoms with E-state index >= 15 is 0 Å². The van der Waals surface area contributed by atoms with Crippen molar-refractivity contribution >= 4 is 28.1 Å². The van der Waals surface area contributed by atoms with Gasteiger partial charge in [-0.25, -0.2) is 4.98 Å². The number of nitrogens with two attached hydrogens (primary N) is 1. The molecule has 10 heteroatoms. The first-order valence-corrected chi connectivity index (χ1v) is 11.0. The zero-order valence-corrected chi connectivity index (χ0v) is 19.7. The highest BCUT2D eigenvalue weighted by Crippen LogP contribution is 2.29. The highest BCUT2D eigenvalue weighted by Gasteiger charge is 2.34. The minimum atomic E-state index is -4.74. The molecule has 0 spiro atoms. The number of aryl methyl sites for hydroxylation is 2. The second kappa shape index (κ2) is 9.46. The van der Waals surface area contributed by atoms with Gasteiger partial charge in [-0.2, -0.15) is 13.2 Å². The molecule has 0 saturated heterocycles. The average Bonchev–Trinajstić information content (AvgIpc) is 2.78. The summed E-state index contributed by atoms with van der Waals surface area (Å²) < 4.78 is 46.6. The Hall–Kier alpha value is -3.79. The van der Waals surface area contributed by atoms with Crippen molar-refractivity contribution in [2.24, 2.45) is 5.73 Å². The smallest absolute Gasteiger partial charge is 0.421 e. The van der Waals surface area contributed by atoms with Gasteiger partial charge >= 0.3 is 6.18 Å². The predicted molar refractivity (Wildman–Crippen MR) is 130 cm³/mol. The van der Waals surface area contributed by atoms with E-state index in [-0.39, 0.29) is 18.1 Å². The number of pyridine rings is 3. The minimum absolute atomic E-state index is 0.0693. The quantitative estimate of drug-likeness (QED) is 0.389. The minimum Gasteiger partial charge on any atom is -0.487 e. The molecule has 0 atom stereocenters. The van der Waals surface area contributed by atoms with Crippen LogP contribution >= 0.6 is 12.2 Å². The van der Waals surface area contributed by atoms with Crippen molar-refractivity contribution in [3.63, 3.8) is 0 Å². The normalized spacial score (nSPS) is 11.6. The Balaban J connectivity index is 1.69. The molecule has 1 aromatic carbocycles. The molecule has 0 aliphatic heterocycles. The Morgan fingerprint density at radius 2 is 1.94 bits per heavy atom. The summed E-state index contributed by atoms with van der Waals surface area (Å²) in [6.45, 7) is 3.60. The summed E-state index contributed by atoms with van der Waals surface area (Å²) in [5.74, 6) is 0.495. The van der Waals surface area contributed by atoms with Gasteiger partial charge in [-0.15, -0.1) is 0 Å². The number of rotatable bonds is 6. The second-order valence-electron chi connectivity index (χ2n) is 8.02. The zero-order valence-electron chi connectivity index (χ0n) is 18.9. The maximum absolute atomic E-state index is 13.2. The van der Waals surface area contributed by atoms with Crippen LogP contribution < -0.4 is 16.0 Å². The molecule has 0 amide bonds. The summed E-state index contributed by atoms with van der Waals surface area (Å²) >= 11 is 5.18. The van der Waals surface area contributed by atoms with E-state index in [1.165, 1.54) is 12.3 Å². The highest BCUT2D eigenvalue weighted by atomic mass is 32.1. The van der Waals surface area contributed by atoms with Gasteiger partial charge in [-0.1, -0.05) is 24.4 Å². The summed E-state index contributed by atoms with van der Waals surface area (Å²) in [5.41, 5.74) is 7.44. The monoisotopic (exact) mass is 498 g/mol. The van der Waals surface area contributed by atoms with Crippen LogP contribution in [0.5, 0.6) is 5.75 Å². The van der Waals surface area contributed by atoms with Crippen molar-refractivity contribution in [2.45, 2.75) is 33.2 Å². The van der Waals surface area contributed by atoms with Crippen molar-refractivity contribution in [3.8, 4) is 5.75 Å². The predicted octanol–water partition coefficient (Wildman–Crippen LogP) is 4.69. The SMILES string of the molecule is Cc1cc(C(N)=S)c2cccc(OCc3c(C)ccnc3Cn3cccc(C(F)(F)F)c3=O)c2n1. The van der Waals surface area contributed by atoms with Crippen molar-refractivity contribution in [2.75, 3.05) is 0 Å². The third-order valence-corrected chi connectivity index (χ3v) is 5.81. The molecule has 180 valence electrons. The van der Waals surface area contributed by atoms with Gasteiger partial charge in [0, 0.05) is 34.6 Å². The number of aromatic nitrogens is 3. The van der Waals surface area contributed by atoms with E-state index < -0.39 is 17.3 Å². The molecule has 0 unspecified atom stereocenters. The molecule has 6 nitrogen and oxygen atoms in total. The first-order valence-electron chi connectivity index (χ1n) is 10.6. The number of nitrogens with zero attached hydrogens (tertiary/aromatic N) is 3. The largest absolute Gasteiger partial charge is 0.487 e. The van der Waals surface area contributed by atoms with Crippen LogP contribution in [0.3, 0.4) is 0 Å². The lowest BCUT2D eigenvalue weighted by atomic mass is 10.1. The average molecular weight is 499 g/mol. The molecule has 2 N–H and O–H groups in total. The Bertz CT molecular complexity index is 1500. The molecule has 0 aliphatic carbocycles. The number of para-hydroxylation sites is 1. The molecule has 35 heavy (non-hydrogen) atoms. The Morgan fingerprint density at radius 1 is 1.17 bits per heavy atom. The van der Waals surface area contributed by atoms with Gasteiger partial charge < -0.3 is 15.0 Å². The highest BCUT2D eigenvalue weighted by molar-refractivity contribution is 7.80. The maximum Gasteiger partial charge on any atom is 0.421 e. The van der Waals surface area contributed by atoms with Gasteiger partial charge in [-0.05, 0) is 49.7 Å². The van der Waals surface area contributed by atoms with Crippen LogP contribution in [0.1, 0.15) is 33.6 Å². The fraction of sp³-hybridized carbons (Fsp3) is 0.200. The third-order valence-electron chi connectivity index (χ3n) is 5.59. The van der Waals surface area contributed by atoms with Crippen LogP contribution in [0.25, 0.3) is 10.9 Å². The number of ether oxygens (including phenoxy) is 1. The number of hydrogen-bond acceptors (Lipinski definition) is 5. The lowest BCUT2D eigenvalue weighted by Gasteiger charge is -2.16. The van der Waals surface area contributed by atoms with E-state index in [9.17, 15) is 18.0 Å². The van der Waals surface area contributed by atoms with Gasteiger partial charge in [0.05, 0.1) is 12.2 Å². The molecule has 4 aromatic rings. The topological polar surface area (TPSA) is 83.0 Å².